The fourth-order valence-corrected chi connectivity index (χ4v) is 2.28. The zero-order valence-electron chi connectivity index (χ0n) is 12.1. The molecule has 2 rings (SSSR count). The van der Waals surface area contributed by atoms with Crippen LogP contribution in [0, 0.1) is 6.92 Å². The molecule has 0 aliphatic rings. The standard InChI is InChI=1S/C16H13ClN2O3S/c1-9-6-7-10(15(21)22)8-13(9)18-16(23)19-14(20)11-4-2-3-5-12(11)17/h2-8H,1H3,(H,21,22)(H2,18,19,20,23)/p-1. The molecule has 0 bridgehead atoms. The Morgan fingerprint density at radius 3 is 2.52 bits per heavy atom. The average molecular weight is 348 g/mol. The number of halogens is 1. The number of benzene rings is 2. The summed E-state index contributed by atoms with van der Waals surface area (Å²) in [5.41, 5.74) is 1.54. The number of aromatic carboxylic acids is 1. The predicted octanol–water partition coefficient (Wildman–Crippen LogP) is 2.14. The van der Waals surface area contributed by atoms with Gasteiger partial charge >= 0.3 is 0 Å². The van der Waals surface area contributed by atoms with Gasteiger partial charge in [-0.05, 0) is 48.5 Å². The van der Waals surface area contributed by atoms with Gasteiger partial charge in [-0.15, -0.1) is 0 Å². The molecule has 0 unspecified atom stereocenters. The quantitative estimate of drug-likeness (QED) is 0.831. The number of carbonyl (C=O) groups is 2. The fraction of sp³-hybridized carbons (Fsp3) is 0.0625. The molecule has 0 radical (unpaired) electrons. The molecule has 118 valence electrons. The van der Waals surface area contributed by atoms with Crippen molar-refractivity contribution in [2.45, 2.75) is 6.92 Å². The molecule has 1 amide bonds. The van der Waals surface area contributed by atoms with Crippen LogP contribution in [0.1, 0.15) is 26.3 Å². The molecule has 2 aromatic rings. The van der Waals surface area contributed by atoms with Crippen LogP contribution in [0.2, 0.25) is 5.02 Å². The van der Waals surface area contributed by atoms with Gasteiger partial charge in [-0.2, -0.15) is 0 Å². The van der Waals surface area contributed by atoms with E-state index < -0.39 is 11.9 Å². The van der Waals surface area contributed by atoms with Crippen molar-refractivity contribution in [1.82, 2.24) is 5.32 Å². The van der Waals surface area contributed by atoms with E-state index in [2.05, 4.69) is 10.6 Å². The molecule has 0 spiro atoms. The maximum absolute atomic E-state index is 12.1. The molecule has 5 nitrogen and oxygen atoms in total. The number of carbonyl (C=O) groups excluding carboxylic acids is 2. The molecular weight excluding hydrogens is 336 g/mol. The van der Waals surface area contributed by atoms with Crippen molar-refractivity contribution in [2.24, 2.45) is 0 Å². The second-order valence-electron chi connectivity index (χ2n) is 4.71. The lowest BCUT2D eigenvalue weighted by molar-refractivity contribution is -0.255. The first-order valence-corrected chi connectivity index (χ1v) is 7.36. The summed E-state index contributed by atoms with van der Waals surface area (Å²) in [6.07, 6.45) is 0. The van der Waals surface area contributed by atoms with Crippen molar-refractivity contribution in [3.05, 3.63) is 64.2 Å². The number of anilines is 1. The maximum atomic E-state index is 12.1. The number of rotatable bonds is 3. The molecule has 23 heavy (non-hydrogen) atoms. The van der Waals surface area contributed by atoms with Crippen LogP contribution in [0.3, 0.4) is 0 Å². The predicted molar refractivity (Wildman–Crippen MR) is 90.6 cm³/mol. The van der Waals surface area contributed by atoms with E-state index in [-0.39, 0.29) is 10.7 Å². The van der Waals surface area contributed by atoms with Gasteiger partial charge in [0.1, 0.15) is 0 Å². The Kier molecular flexibility index (Phi) is 5.31. The summed E-state index contributed by atoms with van der Waals surface area (Å²) in [6.45, 7) is 1.78. The summed E-state index contributed by atoms with van der Waals surface area (Å²) < 4.78 is 0. The topological polar surface area (TPSA) is 81.3 Å². The molecule has 2 N–H and O–H groups in total. The molecule has 0 saturated carbocycles. The summed E-state index contributed by atoms with van der Waals surface area (Å²) in [5.74, 6) is -1.75. The number of amides is 1. The first-order valence-electron chi connectivity index (χ1n) is 6.57. The van der Waals surface area contributed by atoms with Gasteiger partial charge in [0.05, 0.1) is 16.6 Å². The van der Waals surface area contributed by atoms with Crippen molar-refractivity contribution >= 4 is 46.5 Å². The molecule has 0 fully saturated rings. The molecule has 2 aromatic carbocycles. The van der Waals surface area contributed by atoms with Crippen LogP contribution in [0.4, 0.5) is 5.69 Å². The lowest BCUT2D eigenvalue weighted by Gasteiger charge is -2.14. The van der Waals surface area contributed by atoms with Gasteiger partial charge in [-0.3, -0.25) is 10.1 Å². The summed E-state index contributed by atoms with van der Waals surface area (Å²) >= 11 is 11.0. The summed E-state index contributed by atoms with van der Waals surface area (Å²) in [4.78, 5) is 23.0. The zero-order chi connectivity index (χ0) is 17.0. The minimum absolute atomic E-state index is 0.0123. The molecule has 0 heterocycles. The molecule has 0 aromatic heterocycles. The lowest BCUT2D eigenvalue weighted by Crippen LogP contribution is -2.34. The third-order valence-electron chi connectivity index (χ3n) is 3.07. The van der Waals surface area contributed by atoms with Gasteiger partial charge < -0.3 is 15.2 Å². The summed E-state index contributed by atoms with van der Waals surface area (Å²) in [7, 11) is 0. The minimum Gasteiger partial charge on any atom is -0.545 e. The second kappa shape index (κ2) is 7.21. The molecule has 7 heteroatoms. The van der Waals surface area contributed by atoms with Crippen LogP contribution in [-0.4, -0.2) is 17.0 Å². The number of nitrogens with one attached hydrogen (secondary N) is 2. The van der Waals surface area contributed by atoms with Crippen molar-refractivity contribution in [1.29, 1.82) is 0 Å². The van der Waals surface area contributed by atoms with Crippen molar-refractivity contribution in [3.8, 4) is 0 Å². The highest BCUT2D eigenvalue weighted by Crippen LogP contribution is 2.17. The van der Waals surface area contributed by atoms with Crippen molar-refractivity contribution < 1.29 is 14.7 Å². The Bertz CT molecular complexity index is 793. The molecular formula is C16H12ClN2O3S-. The van der Waals surface area contributed by atoms with Crippen LogP contribution >= 0.6 is 23.8 Å². The third kappa shape index (κ3) is 4.28. The lowest BCUT2D eigenvalue weighted by atomic mass is 10.1. The number of carboxylic acid groups (broad SMARTS) is 1. The SMILES string of the molecule is Cc1ccc(C(=O)[O-])cc1NC(=S)NC(=O)c1ccccc1Cl. The Balaban J connectivity index is 2.11. The van der Waals surface area contributed by atoms with E-state index in [0.29, 0.717) is 16.3 Å². The fourth-order valence-electron chi connectivity index (χ4n) is 1.85. The van der Waals surface area contributed by atoms with E-state index >= 15 is 0 Å². The highest BCUT2D eigenvalue weighted by Gasteiger charge is 2.12. The average Bonchev–Trinajstić information content (AvgIpc) is 2.49. The van der Waals surface area contributed by atoms with Gasteiger partial charge in [0.2, 0.25) is 0 Å². The van der Waals surface area contributed by atoms with Crippen LogP contribution < -0.4 is 15.7 Å². The molecule has 0 atom stereocenters. The zero-order valence-corrected chi connectivity index (χ0v) is 13.6. The molecule has 0 saturated heterocycles. The van der Waals surface area contributed by atoms with Gasteiger partial charge in [0.25, 0.3) is 5.91 Å². The smallest absolute Gasteiger partial charge is 0.258 e. The Labute approximate surface area is 143 Å². The van der Waals surface area contributed by atoms with Crippen LogP contribution in [-0.2, 0) is 0 Å². The highest BCUT2D eigenvalue weighted by molar-refractivity contribution is 7.80. The van der Waals surface area contributed by atoms with Crippen LogP contribution in [0.5, 0.6) is 0 Å². The van der Waals surface area contributed by atoms with Gasteiger partial charge in [0, 0.05) is 5.69 Å². The third-order valence-corrected chi connectivity index (χ3v) is 3.60. The Hall–Kier alpha value is -2.44. The summed E-state index contributed by atoms with van der Waals surface area (Å²) in [5, 5.41) is 16.5. The number of hydrogen-bond acceptors (Lipinski definition) is 4. The monoisotopic (exact) mass is 347 g/mol. The summed E-state index contributed by atoms with van der Waals surface area (Å²) in [6, 6.07) is 11.0. The van der Waals surface area contributed by atoms with E-state index in [1.165, 1.54) is 12.1 Å². The Morgan fingerprint density at radius 2 is 1.87 bits per heavy atom. The first-order chi connectivity index (χ1) is 10.9. The van der Waals surface area contributed by atoms with Gasteiger partial charge in [-0.25, -0.2) is 0 Å². The highest BCUT2D eigenvalue weighted by atomic mass is 35.5. The van der Waals surface area contributed by atoms with Crippen molar-refractivity contribution in [3.63, 3.8) is 0 Å². The Morgan fingerprint density at radius 1 is 1.17 bits per heavy atom. The van der Waals surface area contributed by atoms with E-state index in [1.54, 1.807) is 37.3 Å². The molecule has 0 aliphatic carbocycles. The van der Waals surface area contributed by atoms with Gasteiger partial charge in [0.15, 0.2) is 5.11 Å². The van der Waals surface area contributed by atoms with Crippen molar-refractivity contribution in [2.75, 3.05) is 5.32 Å². The van der Waals surface area contributed by atoms with E-state index in [0.717, 1.165) is 5.56 Å². The van der Waals surface area contributed by atoms with Crippen LogP contribution in [0.15, 0.2) is 42.5 Å². The largest absolute Gasteiger partial charge is 0.545 e. The number of aryl methyl sites for hydroxylation is 1. The van der Waals surface area contributed by atoms with E-state index in [4.69, 9.17) is 23.8 Å². The number of thiocarbonyl (C=S) groups is 1. The van der Waals surface area contributed by atoms with Crippen LogP contribution in [0.25, 0.3) is 0 Å². The normalized spacial score (nSPS) is 10.0. The first kappa shape index (κ1) is 16.9. The second-order valence-corrected chi connectivity index (χ2v) is 5.52. The number of carboxylic acids is 1. The molecule has 0 aliphatic heterocycles. The van der Waals surface area contributed by atoms with Gasteiger partial charge in [-0.1, -0.05) is 35.9 Å². The maximum Gasteiger partial charge on any atom is 0.258 e. The van der Waals surface area contributed by atoms with E-state index in [9.17, 15) is 14.7 Å². The van der Waals surface area contributed by atoms with E-state index in [1.807, 2.05) is 0 Å². The number of hydrogen-bond donors (Lipinski definition) is 2. The minimum atomic E-state index is -1.29.